The number of rotatable bonds is 4. The van der Waals surface area contributed by atoms with Gasteiger partial charge >= 0.3 is 0 Å². The smallest absolute Gasteiger partial charge is 0.119 e. The molecule has 88 valence electrons. The van der Waals surface area contributed by atoms with Gasteiger partial charge in [-0.25, -0.2) is 0 Å². The molecule has 17 heavy (non-hydrogen) atoms. The summed E-state index contributed by atoms with van der Waals surface area (Å²) in [5, 5.41) is 0. The molecule has 2 nitrogen and oxygen atoms in total. The van der Waals surface area contributed by atoms with E-state index in [-0.39, 0.29) is 0 Å². The first-order chi connectivity index (χ1) is 8.33. The molecule has 0 aliphatic heterocycles. The SMILES string of the molecule is COc1cccc(-c2cccc(CCN)c2)c1. The van der Waals surface area contributed by atoms with Crippen molar-refractivity contribution < 1.29 is 4.74 Å². The summed E-state index contributed by atoms with van der Waals surface area (Å²) in [6.45, 7) is 0.682. The molecule has 2 aromatic rings. The Labute approximate surface area is 102 Å². The summed E-state index contributed by atoms with van der Waals surface area (Å²) in [6, 6.07) is 16.6. The van der Waals surface area contributed by atoms with E-state index in [0.717, 1.165) is 12.2 Å². The molecule has 0 spiro atoms. The van der Waals surface area contributed by atoms with Gasteiger partial charge in [-0.3, -0.25) is 0 Å². The molecule has 2 rings (SSSR count). The molecule has 0 aromatic heterocycles. The summed E-state index contributed by atoms with van der Waals surface area (Å²) in [4.78, 5) is 0. The fraction of sp³-hybridized carbons (Fsp3) is 0.200. The van der Waals surface area contributed by atoms with Crippen LogP contribution in [0.3, 0.4) is 0 Å². The van der Waals surface area contributed by atoms with Crippen LogP contribution in [-0.2, 0) is 6.42 Å². The Hall–Kier alpha value is -1.80. The first-order valence-electron chi connectivity index (χ1n) is 5.77. The second-order valence-electron chi connectivity index (χ2n) is 3.97. The molecule has 0 bridgehead atoms. The lowest BCUT2D eigenvalue weighted by molar-refractivity contribution is 0.415. The minimum absolute atomic E-state index is 0.682. The second-order valence-corrected chi connectivity index (χ2v) is 3.97. The van der Waals surface area contributed by atoms with Crippen molar-refractivity contribution in [1.29, 1.82) is 0 Å². The first-order valence-corrected chi connectivity index (χ1v) is 5.77. The minimum atomic E-state index is 0.682. The average Bonchev–Trinajstić information content (AvgIpc) is 2.40. The molecule has 0 amide bonds. The Balaban J connectivity index is 2.34. The number of hydrogen-bond donors (Lipinski definition) is 1. The van der Waals surface area contributed by atoms with E-state index in [1.165, 1.54) is 16.7 Å². The summed E-state index contributed by atoms with van der Waals surface area (Å²) in [5.41, 5.74) is 9.22. The predicted molar refractivity (Wildman–Crippen MR) is 71.2 cm³/mol. The van der Waals surface area contributed by atoms with Crippen LogP contribution in [0.5, 0.6) is 5.75 Å². The zero-order valence-corrected chi connectivity index (χ0v) is 10.0. The van der Waals surface area contributed by atoms with Crippen LogP contribution in [-0.4, -0.2) is 13.7 Å². The highest BCUT2D eigenvalue weighted by Crippen LogP contribution is 2.24. The van der Waals surface area contributed by atoms with Crippen LogP contribution in [0.2, 0.25) is 0 Å². The molecule has 0 heterocycles. The summed E-state index contributed by atoms with van der Waals surface area (Å²) < 4.78 is 5.23. The summed E-state index contributed by atoms with van der Waals surface area (Å²) in [6.07, 6.45) is 0.914. The quantitative estimate of drug-likeness (QED) is 0.871. The first kappa shape index (κ1) is 11.7. The van der Waals surface area contributed by atoms with Crippen molar-refractivity contribution in [2.24, 2.45) is 5.73 Å². The molecule has 0 saturated heterocycles. The molecule has 0 saturated carbocycles. The largest absolute Gasteiger partial charge is 0.497 e. The lowest BCUT2D eigenvalue weighted by Crippen LogP contribution is -2.02. The Morgan fingerprint density at radius 3 is 2.41 bits per heavy atom. The molecule has 0 atom stereocenters. The Morgan fingerprint density at radius 2 is 1.71 bits per heavy atom. The Bertz CT molecular complexity index is 494. The van der Waals surface area contributed by atoms with Gasteiger partial charge in [-0.15, -0.1) is 0 Å². The van der Waals surface area contributed by atoms with Gasteiger partial charge in [0.25, 0.3) is 0 Å². The lowest BCUT2D eigenvalue weighted by Gasteiger charge is -2.06. The van der Waals surface area contributed by atoms with E-state index in [0.29, 0.717) is 6.54 Å². The molecular formula is C15H17NO. The maximum Gasteiger partial charge on any atom is 0.119 e. The van der Waals surface area contributed by atoms with Gasteiger partial charge in [-0.2, -0.15) is 0 Å². The van der Waals surface area contributed by atoms with Gasteiger partial charge in [0.2, 0.25) is 0 Å². The number of ether oxygens (including phenoxy) is 1. The fourth-order valence-electron chi connectivity index (χ4n) is 1.88. The van der Waals surface area contributed by atoms with E-state index in [2.05, 4.69) is 30.3 Å². The van der Waals surface area contributed by atoms with Crippen molar-refractivity contribution in [2.45, 2.75) is 6.42 Å². The Kier molecular flexibility index (Phi) is 3.78. The number of nitrogens with two attached hydrogens (primary N) is 1. The van der Waals surface area contributed by atoms with Crippen molar-refractivity contribution in [1.82, 2.24) is 0 Å². The Morgan fingerprint density at radius 1 is 1.00 bits per heavy atom. The third kappa shape index (κ3) is 2.86. The van der Waals surface area contributed by atoms with Gasteiger partial charge in [0.05, 0.1) is 7.11 Å². The maximum atomic E-state index is 5.57. The van der Waals surface area contributed by atoms with Crippen molar-refractivity contribution in [3.63, 3.8) is 0 Å². The van der Waals surface area contributed by atoms with E-state index in [1.807, 2.05) is 18.2 Å². The van der Waals surface area contributed by atoms with Crippen LogP contribution in [0.15, 0.2) is 48.5 Å². The fourth-order valence-corrected chi connectivity index (χ4v) is 1.88. The summed E-state index contributed by atoms with van der Waals surface area (Å²) in [5.74, 6) is 0.881. The van der Waals surface area contributed by atoms with Gasteiger partial charge < -0.3 is 10.5 Å². The molecule has 0 aliphatic rings. The van der Waals surface area contributed by atoms with Crippen LogP contribution >= 0.6 is 0 Å². The molecule has 2 N–H and O–H groups in total. The minimum Gasteiger partial charge on any atom is -0.497 e. The van der Waals surface area contributed by atoms with Crippen molar-refractivity contribution in [2.75, 3.05) is 13.7 Å². The number of hydrogen-bond acceptors (Lipinski definition) is 2. The van der Waals surface area contributed by atoms with Crippen LogP contribution in [0.4, 0.5) is 0 Å². The van der Waals surface area contributed by atoms with E-state index < -0.39 is 0 Å². The zero-order valence-electron chi connectivity index (χ0n) is 10.0. The van der Waals surface area contributed by atoms with Gasteiger partial charge in [0.15, 0.2) is 0 Å². The highest BCUT2D eigenvalue weighted by atomic mass is 16.5. The van der Waals surface area contributed by atoms with Gasteiger partial charge in [0, 0.05) is 0 Å². The average molecular weight is 227 g/mol. The predicted octanol–water partition coefficient (Wildman–Crippen LogP) is 2.86. The molecule has 2 heteroatoms. The standard InChI is InChI=1S/C15H17NO/c1-17-15-7-3-6-14(11-15)13-5-2-4-12(10-13)8-9-16/h2-7,10-11H,8-9,16H2,1H3. The van der Waals surface area contributed by atoms with Crippen LogP contribution in [0.1, 0.15) is 5.56 Å². The van der Waals surface area contributed by atoms with Gasteiger partial charge in [0.1, 0.15) is 5.75 Å². The van der Waals surface area contributed by atoms with Crippen LogP contribution < -0.4 is 10.5 Å². The lowest BCUT2D eigenvalue weighted by atomic mass is 10.0. The van der Waals surface area contributed by atoms with E-state index in [4.69, 9.17) is 10.5 Å². The van der Waals surface area contributed by atoms with Gasteiger partial charge in [-0.1, -0.05) is 36.4 Å². The highest BCUT2D eigenvalue weighted by Gasteiger charge is 2.00. The third-order valence-corrected chi connectivity index (χ3v) is 2.76. The molecule has 0 fully saturated rings. The molecule has 0 aliphatic carbocycles. The maximum absolute atomic E-state index is 5.57. The highest BCUT2D eigenvalue weighted by molar-refractivity contribution is 5.65. The van der Waals surface area contributed by atoms with Crippen LogP contribution in [0, 0.1) is 0 Å². The van der Waals surface area contributed by atoms with Crippen molar-refractivity contribution in [3.8, 4) is 16.9 Å². The van der Waals surface area contributed by atoms with E-state index >= 15 is 0 Å². The summed E-state index contributed by atoms with van der Waals surface area (Å²) >= 11 is 0. The monoisotopic (exact) mass is 227 g/mol. The molecule has 2 aromatic carbocycles. The normalized spacial score (nSPS) is 10.2. The van der Waals surface area contributed by atoms with Crippen molar-refractivity contribution >= 4 is 0 Å². The van der Waals surface area contributed by atoms with Crippen molar-refractivity contribution in [3.05, 3.63) is 54.1 Å². The topological polar surface area (TPSA) is 35.2 Å². The van der Waals surface area contributed by atoms with E-state index in [9.17, 15) is 0 Å². The van der Waals surface area contributed by atoms with Crippen LogP contribution in [0.25, 0.3) is 11.1 Å². The summed E-state index contributed by atoms with van der Waals surface area (Å²) in [7, 11) is 1.68. The third-order valence-electron chi connectivity index (χ3n) is 2.76. The van der Waals surface area contributed by atoms with Gasteiger partial charge in [-0.05, 0) is 41.8 Å². The second kappa shape index (κ2) is 5.51. The van der Waals surface area contributed by atoms with E-state index in [1.54, 1.807) is 7.11 Å². The molecule has 0 radical (unpaired) electrons. The zero-order chi connectivity index (χ0) is 12.1. The molecule has 0 unspecified atom stereocenters. The number of benzene rings is 2. The molecular weight excluding hydrogens is 210 g/mol. The number of methoxy groups -OCH3 is 1.